The number of aliphatic hydroxyl groups excluding tert-OH is 1. The second-order valence-corrected chi connectivity index (χ2v) is 17.4. The number of fused-ring (bicyclic) bond motifs is 5. The molecule has 310 valence electrons. The van der Waals surface area contributed by atoms with Crippen molar-refractivity contribution in [2.24, 2.45) is 46.3 Å². The van der Waals surface area contributed by atoms with Gasteiger partial charge in [-0.1, -0.05) is 69.3 Å². The van der Waals surface area contributed by atoms with E-state index in [9.17, 15) is 70.7 Å². The Morgan fingerprint density at radius 3 is 1.77 bits per heavy atom. The Morgan fingerprint density at radius 2 is 1.26 bits per heavy atom. The summed E-state index contributed by atoms with van der Waals surface area (Å²) in [4.78, 5) is 65.5. The third-order valence-corrected chi connectivity index (χ3v) is 14.7. The number of aliphatic carboxylic acids is 1. The molecule has 0 aliphatic heterocycles. The summed E-state index contributed by atoms with van der Waals surface area (Å²) in [6.07, 6.45) is -12.1. The fourth-order valence-corrected chi connectivity index (χ4v) is 11.8. The van der Waals surface area contributed by atoms with Crippen molar-refractivity contribution in [3.8, 4) is 0 Å². The molecule has 6 rings (SSSR count). The maximum Gasteiger partial charge on any atom is 0.454 e. The monoisotopic (exact) mass is 808 g/mol. The summed E-state index contributed by atoms with van der Waals surface area (Å²) in [5.41, 5.74) is -10.2. The molecule has 0 heterocycles. The Bertz CT molecular complexity index is 1980. The van der Waals surface area contributed by atoms with Crippen molar-refractivity contribution < 1.29 is 70.7 Å². The molecule has 4 N–H and O–H groups in total. The van der Waals surface area contributed by atoms with E-state index in [1.165, 1.54) is 18.2 Å². The molecule has 0 aromatic heterocycles. The lowest BCUT2D eigenvalue weighted by Gasteiger charge is -2.66. The van der Waals surface area contributed by atoms with E-state index in [1.54, 1.807) is 13.8 Å². The molecule has 4 aliphatic rings. The van der Waals surface area contributed by atoms with Crippen LogP contribution in [-0.4, -0.2) is 79.2 Å². The summed E-state index contributed by atoms with van der Waals surface area (Å²) in [5, 5.41) is 46.6. The highest BCUT2D eigenvalue weighted by Crippen LogP contribution is 2.72. The van der Waals surface area contributed by atoms with Gasteiger partial charge in [-0.15, -0.1) is 0 Å². The number of carbonyl (C=O) groups is 5. The third-order valence-electron chi connectivity index (χ3n) is 14.7. The van der Waals surface area contributed by atoms with Crippen LogP contribution in [0.1, 0.15) is 120 Å². The predicted octanol–water partition coefficient (Wildman–Crippen LogP) is 7.44. The molecule has 2 aromatic rings. The fourth-order valence-electron chi connectivity index (χ4n) is 11.8. The van der Waals surface area contributed by atoms with Gasteiger partial charge in [0.15, 0.2) is 11.6 Å². The van der Waals surface area contributed by atoms with Crippen LogP contribution in [0.3, 0.4) is 0 Å². The van der Waals surface area contributed by atoms with Gasteiger partial charge < -0.3 is 20.4 Å². The van der Waals surface area contributed by atoms with E-state index in [4.69, 9.17) is 0 Å². The zero-order valence-corrected chi connectivity index (χ0v) is 31.6. The van der Waals surface area contributed by atoms with Crippen LogP contribution in [0.25, 0.3) is 0 Å². The standard InChI is InChI=1S/C42H46F6O9/c1-21(12-15-31(50)51)27-13-14-28-32-29(20-40(57,38(27,28)3)34(53)24-9-5-7-11-26(24)36(55)42(46,47)48)37(2)16-17-39(56,19-22(37)18-30(32)49)33(52)23-8-4-6-10-25(23)35(54)41(43,44)45/h4-11,21-22,27-30,32,49,56-57H,12-20H2,1-3H3,(H,50,51)/t21-,22-,27-,28+,29+,30-,32+,37+,38-,39-,40-/m1/s1. The first-order valence-corrected chi connectivity index (χ1v) is 19.2. The average molecular weight is 809 g/mol. The molecule has 0 saturated heterocycles. The summed E-state index contributed by atoms with van der Waals surface area (Å²) < 4.78 is 82.1. The van der Waals surface area contributed by atoms with Crippen molar-refractivity contribution in [3.05, 3.63) is 70.8 Å². The van der Waals surface area contributed by atoms with Gasteiger partial charge in [-0.2, -0.15) is 26.3 Å². The van der Waals surface area contributed by atoms with Crippen LogP contribution in [0.4, 0.5) is 26.3 Å². The highest BCUT2D eigenvalue weighted by Gasteiger charge is 2.73. The molecule has 4 fully saturated rings. The minimum absolute atomic E-state index is 0.0253. The van der Waals surface area contributed by atoms with Gasteiger partial charge in [0.25, 0.3) is 11.6 Å². The number of carboxylic acid groups (broad SMARTS) is 1. The molecule has 4 saturated carbocycles. The van der Waals surface area contributed by atoms with Crippen molar-refractivity contribution in [1.29, 1.82) is 0 Å². The van der Waals surface area contributed by atoms with Crippen LogP contribution in [0.2, 0.25) is 0 Å². The number of ketones is 4. The second kappa shape index (κ2) is 14.4. The summed E-state index contributed by atoms with van der Waals surface area (Å²) in [6, 6.07) is 8.66. The Kier molecular flexibility index (Phi) is 10.8. The van der Waals surface area contributed by atoms with Gasteiger partial charge in [-0.3, -0.25) is 24.0 Å². The van der Waals surface area contributed by atoms with Crippen LogP contribution in [-0.2, 0) is 4.79 Å². The normalized spacial score (nSPS) is 35.6. The van der Waals surface area contributed by atoms with Crippen LogP contribution < -0.4 is 0 Å². The lowest BCUT2D eigenvalue weighted by Crippen LogP contribution is -2.69. The van der Waals surface area contributed by atoms with Crippen LogP contribution in [0.15, 0.2) is 48.5 Å². The molecule has 2 aromatic carbocycles. The van der Waals surface area contributed by atoms with Crippen molar-refractivity contribution in [3.63, 3.8) is 0 Å². The summed E-state index contributed by atoms with van der Waals surface area (Å²) >= 11 is 0. The van der Waals surface area contributed by atoms with E-state index >= 15 is 0 Å². The third kappa shape index (κ3) is 6.84. The average Bonchev–Trinajstić information content (AvgIpc) is 3.51. The Hall–Kier alpha value is -3.95. The van der Waals surface area contributed by atoms with E-state index in [0.29, 0.717) is 12.8 Å². The smallest absolute Gasteiger partial charge is 0.454 e. The number of carboxylic acids is 1. The van der Waals surface area contributed by atoms with E-state index in [-0.39, 0.29) is 44.9 Å². The van der Waals surface area contributed by atoms with Crippen molar-refractivity contribution in [2.75, 3.05) is 0 Å². The highest BCUT2D eigenvalue weighted by atomic mass is 19.4. The van der Waals surface area contributed by atoms with Gasteiger partial charge in [0.2, 0.25) is 0 Å². The Labute approximate surface area is 324 Å². The summed E-state index contributed by atoms with van der Waals surface area (Å²) in [6.45, 7) is 5.27. The summed E-state index contributed by atoms with van der Waals surface area (Å²) in [7, 11) is 0. The topological polar surface area (TPSA) is 166 Å². The lowest BCUT2D eigenvalue weighted by molar-refractivity contribution is -0.232. The SMILES string of the molecule is C[C@H](CCC(=O)O)[C@H]1CC[C@H]2[C@@H]3[C@H](O)C[C@@H]4C[C@@](O)(C(=O)c5ccccc5C(=O)C(F)(F)F)CC[C@]4(C)[C@H]3C[C@@](O)(C(=O)c3ccccc3C(=O)C(F)(F)F)[C@]12C. The largest absolute Gasteiger partial charge is 0.481 e. The van der Waals surface area contributed by atoms with Gasteiger partial charge in [-0.05, 0) is 92.3 Å². The molecule has 0 radical (unpaired) electrons. The minimum atomic E-state index is -5.35. The molecule has 0 bridgehead atoms. The number of benzene rings is 2. The van der Waals surface area contributed by atoms with Gasteiger partial charge in [0.1, 0.15) is 11.2 Å². The molecule has 4 aliphatic carbocycles. The van der Waals surface area contributed by atoms with Crippen molar-refractivity contribution in [1.82, 2.24) is 0 Å². The molecular weight excluding hydrogens is 762 g/mol. The fraction of sp³-hybridized carbons (Fsp3) is 0.595. The Balaban J connectivity index is 1.42. The van der Waals surface area contributed by atoms with Gasteiger partial charge in [0, 0.05) is 34.1 Å². The molecule has 57 heavy (non-hydrogen) atoms. The van der Waals surface area contributed by atoms with Crippen LogP contribution in [0, 0.1) is 46.3 Å². The number of hydrogen-bond donors (Lipinski definition) is 4. The first kappa shape index (κ1) is 42.7. The van der Waals surface area contributed by atoms with E-state index in [1.807, 2.05) is 6.92 Å². The summed E-state index contributed by atoms with van der Waals surface area (Å²) in [5.74, 6) is -11.4. The number of alkyl halides is 6. The minimum Gasteiger partial charge on any atom is -0.481 e. The van der Waals surface area contributed by atoms with Crippen LogP contribution in [0.5, 0.6) is 0 Å². The lowest BCUT2D eigenvalue weighted by atomic mass is 9.39. The Morgan fingerprint density at radius 1 is 0.754 bits per heavy atom. The molecule has 11 atom stereocenters. The van der Waals surface area contributed by atoms with Crippen molar-refractivity contribution in [2.45, 2.75) is 108 Å². The predicted molar refractivity (Wildman–Crippen MR) is 190 cm³/mol. The number of carbonyl (C=O) groups excluding carboxylic acids is 4. The highest BCUT2D eigenvalue weighted by molar-refractivity contribution is 6.14. The van der Waals surface area contributed by atoms with E-state index in [0.717, 1.165) is 30.3 Å². The van der Waals surface area contributed by atoms with Crippen LogP contribution >= 0.6 is 0 Å². The molecular formula is C42H46F6O9. The zero-order valence-electron chi connectivity index (χ0n) is 31.6. The molecule has 15 heteroatoms. The number of hydrogen-bond acceptors (Lipinski definition) is 8. The quantitative estimate of drug-likeness (QED) is 0.141. The van der Waals surface area contributed by atoms with E-state index < -0.39 is 127 Å². The molecule has 0 spiro atoms. The second-order valence-electron chi connectivity index (χ2n) is 17.4. The number of Topliss-reactive ketones (excluding diaryl/α,β-unsaturated/α-hetero) is 4. The van der Waals surface area contributed by atoms with Crippen molar-refractivity contribution >= 4 is 29.1 Å². The zero-order chi connectivity index (χ0) is 42.3. The molecule has 0 amide bonds. The van der Waals surface area contributed by atoms with Gasteiger partial charge in [0.05, 0.1) is 6.10 Å². The molecule has 0 unspecified atom stereocenters. The van der Waals surface area contributed by atoms with Gasteiger partial charge >= 0.3 is 18.3 Å². The van der Waals surface area contributed by atoms with E-state index in [2.05, 4.69) is 0 Å². The number of rotatable bonds is 10. The van der Waals surface area contributed by atoms with Gasteiger partial charge in [-0.25, -0.2) is 0 Å². The maximum absolute atomic E-state index is 15.0. The number of aliphatic hydroxyl groups is 3. The first-order chi connectivity index (χ1) is 26.3. The first-order valence-electron chi connectivity index (χ1n) is 19.2. The number of halogens is 6. The molecule has 9 nitrogen and oxygen atoms in total. The maximum atomic E-state index is 15.0.